The predicted molar refractivity (Wildman–Crippen MR) is 84.3 cm³/mol. The van der Waals surface area contributed by atoms with Crippen molar-refractivity contribution in [3.05, 3.63) is 59.4 Å². The second kappa shape index (κ2) is 6.89. The Hall–Kier alpha value is -2.92. The van der Waals surface area contributed by atoms with Gasteiger partial charge in [0.05, 0.1) is 18.4 Å². The molecule has 0 bridgehead atoms. The van der Waals surface area contributed by atoms with Crippen LogP contribution in [-0.4, -0.2) is 20.2 Å². The molecule has 3 aromatic rings. The Kier molecular flexibility index (Phi) is 4.49. The zero-order valence-corrected chi connectivity index (χ0v) is 12.8. The van der Waals surface area contributed by atoms with E-state index in [9.17, 15) is 0 Å². The molecule has 0 aliphatic carbocycles. The summed E-state index contributed by atoms with van der Waals surface area (Å²) in [7, 11) is 0. The SMILES string of the molecule is N#Cc1cnc(SCc2nnc(Cc3ccccc3)o2)nc1N. The molecule has 0 atom stereocenters. The van der Waals surface area contributed by atoms with E-state index >= 15 is 0 Å². The van der Waals surface area contributed by atoms with Crippen molar-refractivity contribution in [2.24, 2.45) is 0 Å². The molecule has 0 spiro atoms. The van der Waals surface area contributed by atoms with Crippen LogP contribution in [0.15, 0.2) is 46.1 Å². The molecule has 23 heavy (non-hydrogen) atoms. The maximum Gasteiger partial charge on any atom is 0.226 e. The molecule has 3 rings (SSSR count). The molecule has 7 nitrogen and oxygen atoms in total. The van der Waals surface area contributed by atoms with E-state index in [-0.39, 0.29) is 11.4 Å². The number of nitrogens with two attached hydrogens (primary N) is 1. The van der Waals surface area contributed by atoms with E-state index in [1.165, 1.54) is 18.0 Å². The van der Waals surface area contributed by atoms with Gasteiger partial charge < -0.3 is 10.2 Å². The van der Waals surface area contributed by atoms with Gasteiger partial charge in [-0.05, 0) is 5.56 Å². The summed E-state index contributed by atoms with van der Waals surface area (Å²) in [5.74, 6) is 1.66. The minimum absolute atomic E-state index is 0.167. The van der Waals surface area contributed by atoms with Crippen LogP contribution in [0.25, 0.3) is 0 Å². The van der Waals surface area contributed by atoms with Crippen LogP contribution in [0, 0.1) is 11.3 Å². The number of nitriles is 1. The number of anilines is 1. The monoisotopic (exact) mass is 324 g/mol. The van der Waals surface area contributed by atoms with Gasteiger partial charge in [0.1, 0.15) is 17.5 Å². The quantitative estimate of drug-likeness (QED) is 0.561. The summed E-state index contributed by atoms with van der Waals surface area (Å²) in [6, 6.07) is 11.8. The number of nitrogens with zero attached hydrogens (tertiary/aromatic N) is 5. The van der Waals surface area contributed by atoms with Crippen molar-refractivity contribution in [1.29, 1.82) is 5.26 Å². The van der Waals surface area contributed by atoms with Crippen LogP contribution >= 0.6 is 11.8 Å². The maximum absolute atomic E-state index is 8.79. The highest BCUT2D eigenvalue weighted by atomic mass is 32.2. The summed E-state index contributed by atoms with van der Waals surface area (Å²) in [4.78, 5) is 8.11. The van der Waals surface area contributed by atoms with Gasteiger partial charge in [-0.2, -0.15) is 5.26 Å². The normalized spacial score (nSPS) is 10.4. The lowest BCUT2D eigenvalue weighted by molar-refractivity contribution is 0.474. The average molecular weight is 324 g/mol. The highest BCUT2D eigenvalue weighted by Crippen LogP contribution is 2.20. The lowest BCUT2D eigenvalue weighted by Crippen LogP contribution is -1.98. The summed E-state index contributed by atoms with van der Waals surface area (Å²) in [5.41, 5.74) is 7.02. The van der Waals surface area contributed by atoms with Crippen LogP contribution < -0.4 is 5.73 Å². The van der Waals surface area contributed by atoms with E-state index in [1.54, 1.807) is 0 Å². The molecule has 0 fully saturated rings. The topological polar surface area (TPSA) is 115 Å². The Morgan fingerprint density at radius 1 is 1.17 bits per heavy atom. The van der Waals surface area contributed by atoms with Crippen LogP contribution in [0.5, 0.6) is 0 Å². The van der Waals surface area contributed by atoms with E-state index in [4.69, 9.17) is 15.4 Å². The zero-order valence-electron chi connectivity index (χ0n) is 12.0. The van der Waals surface area contributed by atoms with Crippen LogP contribution in [0.3, 0.4) is 0 Å². The first-order chi connectivity index (χ1) is 11.2. The number of hydrogen-bond acceptors (Lipinski definition) is 8. The summed E-state index contributed by atoms with van der Waals surface area (Å²) in [6.07, 6.45) is 2.00. The van der Waals surface area contributed by atoms with Gasteiger partial charge in [0.25, 0.3) is 0 Å². The third-order valence-corrected chi connectivity index (χ3v) is 3.79. The largest absolute Gasteiger partial charge is 0.424 e. The molecule has 2 heterocycles. The van der Waals surface area contributed by atoms with E-state index in [0.717, 1.165) is 5.56 Å². The van der Waals surface area contributed by atoms with Gasteiger partial charge in [-0.15, -0.1) is 10.2 Å². The molecule has 0 saturated heterocycles. The van der Waals surface area contributed by atoms with Crippen molar-refractivity contribution in [3.63, 3.8) is 0 Å². The lowest BCUT2D eigenvalue weighted by Gasteiger charge is -1.99. The third-order valence-electron chi connectivity index (χ3n) is 2.95. The summed E-state index contributed by atoms with van der Waals surface area (Å²) in [6.45, 7) is 0. The minimum atomic E-state index is 0.167. The molecule has 114 valence electrons. The van der Waals surface area contributed by atoms with Crippen molar-refractivity contribution in [2.45, 2.75) is 17.3 Å². The molecular formula is C15H12N6OS. The summed E-state index contributed by atoms with van der Waals surface area (Å²) >= 11 is 1.32. The van der Waals surface area contributed by atoms with Crippen LogP contribution in [0.4, 0.5) is 5.82 Å². The molecular weight excluding hydrogens is 312 g/mol. The minimum Gasteiger partial charge on any atom is -0.424 e. The summed E-state index contributed by atoms with van der Waals surface area (Å²) < 4.78 is 5.60. The van der Waals surface area contributed by atoms with Gasteiger partial charge in [-0.3, -0.25) is 0 Å². The average Bonchev–Trinajstić information content (AvgIpc) is 3.01. The second-order valence-electron chi connectivity index (χ2n) is 4.60. The molecule has 2 N–H and O–H groups in total. The van der Waals surface area contributed by atoms with Crippen molar-refractivity contribution in [2.75, 3.05) is 5.73 Å². The Morgan fingerprint density at radius 3 is 2.70 bits per heavy atom. The molecule has 0 radical (unpaired) electrons. The fourth-order valence-electron chi connectivity index (χ4n) is 1.85. The molecule has 0 unspecified atom stereocenters. The molecule has 0 saturated carbocycles. The van der Waals surface area contributed by atoms with E-state index < -0.39 is 0 Å². The fraction of sp³-hybridized carbons (Fsp3) is 0.133. The van der Waals surface area contributed by atoms with Crippen LogP contribution in [0.2, 0.25) is 0 Å². The number of thioether (sulfide) groups is 1. The number of nitrogen functional groups attached to an aromatic ring is 1. The van der Waals surface area contributed by atoms with Crippen molar-refractivity contribution in [3.8, 4) is 6.07 Å². The van der Waals surface area contributed by atoms with Crippen molar-refractivity contribution in [1.82, 2.24) is 20.2 Å². The number of rotatable bonds is 5. The van der Waals surface area contributed by atoms with E-state index in [0.29, 0.717) is 29.1 Å². The number of benzene rings is 1. The third kappa shape index (κ3) is 3.84. The Balaban J connectivity index is 1.61. The molecule has 8 heteroatoms. The van der Waals surface area contributed by atoms with Gasteiger partial charge in [-0.25, -0.2) is 9.97 Å². The molecule has 0 aliphatic rings. The van der Waals surface area contributed by atoms with Gasteiger partial charge in [-0.1, -0.05) is 42.1 Å². The van der Waals surface area contributed by atoms with E-state index in [1.807, 2.05) is 36.4 Å². The fourth-order valence-corrected chi connectivity index (χ4v) is 2.51. The number of hydrogen-bond donors (Lipinski definition) is 1. The second-order valence-corrected chi connectivity index (χ2v) is 5.55. The van der Waals surface area contributed by atoms with Gasteiger partial charge in [0.2, 0.25) is 11.8 Å². The molecule has 0 amide bonds. The predicted octanol–water partition coefficient (Wildman–Crippen LogP) is 2.20. The van der Waals surface area contributed by atoms with E-state index in [2.05, 4.69) is 20.2 Å². The van der Waals surface area contributed by atoms with Gasteiger partial charge >= 0.3 is 0 Å². The molecule has 0 aliphatic heterocycles. The summed E-state index contributed by atoms with van der Waals surface area (Å²) in [5, 5.41) is 17.3. The van der Waals surface area contributed by atoms with Crippen LogP contribution in [0.1, 0.15) is 22.9 Å². The van der Waals surface area contributed by atoms with Crippen LogP contribution in [-0.2, 0) is 12.2 Å². The Morgan fingerprint density at radius 2 is 1.96 bits per heavy atom. The smallest absolute Gasteiger partial charge is 0.226 e. The first kappa shape index (κ1) is 15.0. The van der Waals surface area contributed by atoms with Crippen molar-refractivity contribution < 1.29 is 4.42 Å². The zero-order chi connectivity index (χ0) is 16.1. The highest BCUT2D eigenvalue weighted by molar-refractivity contribution is 7.98. The standard InChI is InChI=1S/C15H12N6OS/c16-7-11-8-18-15(19-14(11)17)23-9-13-21-20-12(22-13)6-10-4-2-1-3-5-10/h1-5,8H,6,9H2,(H2,17,18,19). The Bertz CT molecular complexity index is 843. The lowest BCUT2D eigenvalue weighted by atomic mass is 10.2. The number of aromatic nitrogens is 4. The highest BCUT2D eigenvalue weighted by Gasteiger charge is 2.10. The van der Waals surface area contributed by atoms with Gasteiger partial charge in [0, 0.05) is 0 Å². The first-order valence-electron chi connectivity index (χ1n) is 6.75. The van der Waals surface area contributed by atoms with Crippen molar-refractivity contribution >= 4 is 17.6 Å². The maximum atomic E-state index is 8.79. The van der Waals surface area contributed by atoms with Gasteiger partial charge in [0.15, 0.2) is 5.16 Å². The molecule has 1 aromatic carbocycles. The first-order valence-corrected chi connectivity index (χ1v) is 7.74. The molecule has 2 aromatic heterocycles. The Labute approximate surface area is 136 Å².